The molecule has 1 aromatic heterocycles. The minimum atomic E-state index is -0.776. The Morgan fingerprint density at radius 1 is 0.851 bits per heavy atom. The van der Waals surface area contributed by atoms with Crippen molar-refractivity contribution in [2.75, 3.05) is 31.5 Å². The van der Waals surface area contributed by atoms with Crippen molar-refractivity contribution >= 4 is 29.2 Å². The van der Waals surface area contributed by atoms with E-state index in [-0.39, 0.29) is 5.78 Å². The highest BCUT2D eigenvalue weighted by Gasteiger charge is 2.23. The Balaban J connectivity index is 1.22. The summed E-state index contributed by atoms with van der Waals surface area (Å²) >= 11 is 0. The third-order valence-electron chi connectivity index (χ3n) is 7.43. The summed E-state index contributed by atoms with van der Waals surface area (Å²) in [6, 6.07) is 29.9. The summed E-state index contributed by atoms with van der Waals surface area (Å²) in [4.78, 5) is 42.6. The summed E-state index contributed by atoms with van der Waals surface area (Å²) in [6.45, 7) is 2.31. The van der Waals surface area contributed by atoms with Crippen LogP contribution in [0.3, 0.4) is 0 Å². The second-order valence-electron chi connectivity index (χ2n) is 10.6. The van der Waals surface area contributed by atoms with Crippen LogP contribution in [0, 0.1) is 6.92 Å². The number of amides is 1. The third-order valence-corrected chi connectivity index (χ3v) is 7.43. The van der Waals surface area contributed by atoms with Crippen LogP contribution in [0.5, 0.6) is 5.75 Å². The Labute approximate surface area is 272 Å². The van der Waals surface area contributed by atoms with Gasteiger partial charge in [-0.05, 0) is 61.0 Å². The lowest BCUT2D eigenvalue weighted by atomic mass is 9.99. The van der Waals surface area contributed by atoms with Crippen LogP contribution in [0.2, 0.25) is 0 Å². The number of aryl methyl sites for hydroxylation is 1. The lowest BCUT2D eigenvalue weighted by molar-refractivity contribution is -0.141. The molecule has 5 rings (SSSR count). The molecule has 5 aromatic rings. The molecule has 0 bridgehead atoms. The number of ether oxygens (including phenoxy) is 3. The zero-order valence-corrected chi connectivity index (χ0v) is 26.3. The van der Waals surface area contributed by atoms with Crippen LogP contribution in [0.25, 0.3) is 11.5 Å². The first-order valence-electron chi connectivity index (χ1n) is 15.0. The van der Waals surface area contributed by atoms with Crippen molar-refractivity contribution in [1.82, 2.24) is 4.98 Å². The van der Waals surface area contributed by atoms with Gasteiger partial charge in [0.1, 0.15) is 17.6 Å². The normalized spacial score (nSPS) is 11.3. The van der Waals surface area contributed by atoms with Gasteiger partial charge in [0.2, 0.25) is 5.89 Å². The van der Waals surface area contributed by atoms with Gasteiger partial charge in [-0.15, -0.1) is 0 Å². The molecule has 1 heterocycles. The monoisotopic (exact) mass is 633 g/mol. The number of hydrogen-bond acceptors (Lipinski definition) is 9. The fourth-order valence-corrected chi connectivity index (χ4v) is 4.98. The zero-order chi connectivity index (χ0) is 33.2. The smallest absolute Gasteiger partial charge is 0.411 e. The van der Waals surface area contributed by atoms with Crippen molar-refractivity contribution in [1.29, 1.82) is 0 Å². The van der Waals surface area contributed by atoms with E-state index in [1.165, 1.54) is 14.2 Å². The number of esters is 1. The molecule has 1 amide bonds. The summed E-state index contributed by atoms with van der Waals surface area (Å²) < 4.78 is 21.5. The number of aromatic nitrogens is 1. The van der Waals surface area contributed by atoms with Crippen LogP contribution in [0.15, 0.2) is 108 Å². The first-order valence-corrected chi connectivity index (χ1v) is 15.0. The number of ketones is 1. The molecule has 0 fully saturated rings. The molecular formula is C37H35N3O7. The van der Waals surface area contributed by atoms with Crippen molar-refractivity contribution in [2.45, 2.75) is 25.8 Å². The number of carbonyl (C=O) groups excluding carboxylic acids is 3. The first kappa shape index (κ1) is 32.5. The molecule has 0 aliphatic carbocycles. The van der Waals surface area contributed by atoms with Crippen LogP contribution in [-0.4, -0.2) is 49.7 Å². The number of methoxy groups -OCH3 is 2. The van der Waals surface area contributed by atoms with Crippen LogP contribution in [0.1, 0.15) is 32.9 Å². The van der Waals surface area contributed by atoms with Gasteiger partial charge in [0, 0.05) is 40.9 Å². The fourth-order valence-electron chi connectivity index (χ4n) is 4.98. The lowest BCUT2D eigenvalue weighted by Crippen LogP contribution is -2.33. The molecule has 0 radical (unpaired) electrons. The molecule has 0 aliphatic heterocycles. The van der Waals surface area contributed by atoms with E-state index in [0.717, 1.165) is 22.6 Å². The maximum absolute atomic E-state index is 13.5. The van der Waals surface area contributed by atoms with Gasteiger partial charge in [0.05, 0.1) is 26.5 Å². The summed E-state index contributed by atoms with van der Waals surface area (Å²) in [5.41, 5.74) is 4.24. The second-order valence-corrected chi connectivity index (χ2v) is 10.6. The highest BCUT2D eigenvalue weighted by Crippen LogP contribution is 2.25. The van der Waals surface area contributed by atoms with Crippen molar-refractivity contribution in [3.63, 3.8) is 0 Å². The standard InChI is InChI=1S/C37H35N3O7/c1-24-31(40-35(47-24)26-10-5-4-6-11-26)20-21-46-29-18-16-25(17-19-29)22-33(36(42)44-2)39-32-15-8-7-14-30(32)34(41)27-12-9-13-28(23-27)38-37(43)45-3/h4-19,23,33,39H,20-22H2,1-3H3,(H,38,43). The van der Waals surface area contributed by atoms with Gasteiger partial charge in [-0.2, -0.15) is 0 Å². The topological polar surface area (TPSA) is 129 Å². The fraction of sp³-hybridized carbons (Fsp3) is 0.189. The molecular weight excluding hydrogens is 598 g/mol. The second kappa shape index (κ2) is 15.4. The number of carbonyl (C=O) groups is 3. The van der Waals surface area contributed by atoms with E-state index in [2.05, 4.69) is 20.4 Å². The Morgan fingerprint density at radius 2 is 1.60 bits per heavy atom. The Hall–Kier alpha value is -5.90. The lowest BCUT2D eigenvalue weighted by Gasteiger charge is -2.20. The molecule has 4 aromatic carbocycles. The average molecular weight is 634 g/mol. The van der Waals surface area contributed by atoms with Crippen molar-refractivity contribution in [2.24, 2.45) is 0 Å². The van der Waals surface area contributed by atoms with Crippen molar-refractivity contribution in [3.8, 4) is 17.2 Å². The molecule has 0 spiro atoms. The number of anilines is 2. The molecule has 1 atom stereocenters. The molecule has 0 saturated heterocycles. The van der Waals surface area contributed by atoms with Gasteiger partial charge in [0.15, 0.2) is 5.78 Å². The van der Waals surface area contributed by atoms with E-state index in [4.69, 9.17) is 13.9 Å². The summed E-state index contributed by atoms with van der Waals surface area (Å²) in [7, 11) is 2.58. The van der Waals surface area contributed by atoms with Gasteiger partial charge in [-0.25, -0.2) is 14.6 Å². The van der Waals surface area contributed by atoms with Gasteiger partial charge in [-0.1, -0.05) is 54.6 Å². The van der Waals surface area contributed by atoms with Gasteiger partial charge >= 0.3 is 12.1 Å². The van der Waals surface area contributed by atoms with Gasteiger partial charge in [0.25, 0.3) is 0 Å². The van der Waals surface area contributed by atoms with Crippen LogP contribution >= 0.6 is 0 Å². The highest BCUT2D eigenvalue weighted by molar-refractivity contribution is 6.13. The SMILES string of the molecule is COC(=O)Nc1cccc(C(=O)c2ccccc2NC(Cc2ccc(OCCc3nc(-c4ccccc4)oc3C)cc2)C(=O)OC)c1. The molecule has 1 unspecified atom stereocenters. The molecule has 0 aliphatic rings. The molecule has 240 valence electrons. The number of rotatable bonds is 13. The number of benzene rings is 4. The predicted octanol–water partition coefficient (Wildman–Crippen LogP) is 6.88. The van der Waals surface area contributed by atoms with E-state index in [0.29, 0.717) is 53.6 Å². The average Bonchev–Trinajstić information content (AvgIpc) is 3.48. The first-order chi connectivity index (χ1) is 22.8. The molecule has 0 saturated carbocycles. The molecule has 2 N–H and O–H groups in total. The number of oxazole rings is 1. The highest BCUT2D eigenvalue weighted by atomic mass is 16.5. The van der Waals surface area contributed by atoms with Crippen LogP contribution in [-0.2, 0) is 27.1 Å². The molecule has 10 nitrogen and oxygen atoms in total. The van der Waals surface area contributed by atoms with Crippen molar-refractivity contribution < 1.29 is 33.0 Å². The van der Waals surface area contributed by atoms with Crippen LogP contribution < -0.4 is 15.4 Å². The molecule has 47 heavy (non-hydrogen) atoms. The van der Waals surface area contributed by atoms with E-state index in [1.807, 2.05) is 61.5 Å². The number of nitrogens with one attached hydrogen (secondary N) is 2. The number of para-hydroxylation sites is 1. The maximum Gasteiger partial charge on any atom is 0.411 e. The maximum atomic E-state index is 13.5. The summed E-state index contributed by atoms with van der Waals surface area (Å²) in [5, 5.41) is 5.77. The zero-order valence-electron chi connectivity index (χ0n) is 26.3. The van der Waals surface area contributed by atoms with E-state index in [9.17, 15) is 14.4 Å². The third kappa shape index (κ3) is 8.43. The largest absolute Gasteiger partial charge is 0.493 e. The Bertz CT molecular complexity index is 1830. The van der Waals surface area contributed by atoms with E-state index >= 15 is 0 Å². The van der Waals surface area contributed by atoms with Gasteiger partial charge in [-0.3, -0.25) is 10.1 Å². The Kier molecular flexibility index (Phi) is 10.6. The van der Waals surface area contributed by atoms with Crippen molar-refractivity contribution in [3.05, 3.63) is 131 Å². The summed E-state index contributed by atoms with van der Waals surface area (Å²) in [6.07, 6.45) is 0.244. The Morgan fingerprint density at radius 3 is 2.34 bits per heavy atom. The van der Waals surface area contributed by atoms with Gasteiger partial charge < -0.3 is 23.9 Å². The minimum absolute atomic E-state index is 0.288. The minimum Gasteiger partial charge on any atom is -0.493 e. The van der Waals surface area contributed by atoms with E-state index < -0.39 is 18.1 Å². The number of hydrogen-bond donors (Lipinski definition) is 2. The quantitative estimate of drug-likeness (QED) is 0.105. The molecule has 10 heteroatoms. The summed E-state index contributed by atoms with van der Waals surface area (Å²) in [5.74, 6) is 1.26. The van der Waals surface area contributed by atoms with E-state index in [1.54, 1.807) is 48.5 Å². The number of nitrogens with zero attached hydrogens (tertiary/aromatic N) is 1. The van der Waals surface area contributed by atoms with Crippen LogP contribution in [0.4, 0.5) is 16.2 Å². The predicted molar refractivity (Wildman–Crippen MR) is 178 cm³/mol.